The molecule has 1 unspecified atom stereocenters. The second-order valence-corrected chi connectivity index (χ2v) is 12.8. The van der Waals surface area contributed by atoms with Crippen LogP contribution in [0.25, 0.3) is 0 Å². The molecular weight excluding hydrogens is 372 g/mol. The average Bonchev–Trinajstić information content (AvgIpc) is 3.18. The van der Waals surface area contributed by atoms with Gasteiger partial charge in [-0.05, 0) is 125 Å². The van der Waals surface area contributed by atoms with Crippen molar-refractivity contribution in [1.29, 1.82) is 0 Å². The molecule has 30 heavy (non-hydrogen) atoms. The molecule has 9 rings (SSSR count). The second kappa shape index (κ2) is 6.48. The number of carbonyl (C=O) groups is 2. The summed E-state index contributed by atoms with van der Waals surface area (Å²) >= 11 is 0. The molecule has 0 aromatic heterocycles. The van der Waals surface area contributed by atoms with Crippen molar-refractivity contribution in [3.8, 4) is 0 Å². The zero-order chi connectivity index (χ0) is 20.0. The number of nitrogens with one attached hydrogen (secondary N) is 1. The van der Waals surface area contributed by atoms with Crippen molar-refractivity contribution < 1.29 is 9.59 Å². The molecular formula is C26H38N2O2. The molecule has 1 aliphatic heterocycles. The normalized spacial score (nSPS) is 52.8. The highest BCUT2D eigenvalue weighted by molar-refractivity contribution is 5.91. The van der Waals surface area contributed by atoms with Crippen LogP contribution in [-0.2, 0) is 9.59 Å². The minimum absolute atomic E-state index is 0.111. The zero-order valence-electron chi connectivity index (χ0n) is 18.4. The molecule has 0 aromatic carbocycles. The van der Waals surface area contributed by atoms with E-state index in [2.05, 4.69) is 10.2 Å². The van der Waals surface area contributed by atoms with E-state index in [1.165, 1.54) is 51.4 Å². The topological polar surface area (TPSA) is 49.4 Å². The minimum atomic E-state index is -0.192. The van der Waals surface area contributed by atoms with Crippen LogP contribution in [0.3, 0.4) is 0 Å². The summed E-state index contributed by atoms with van der Waals surface area (Å²) in [5.74, 6) is 6.17. The Morgan fingerprint density at radius 3 is 1.83 bits per heavy atom. The molecule has 8 saturated carbocycles. The maximum atomic E-state index is 13.9. The Labute approximate surface area is 180 Å². The Balaban J connectivity index is 1.08. The number of hydrogen-bond acceptors (Lipinski definition) is 2. The van der Waals surface area contributed by atoms with Gasteiger partial charge in [0.05, 0.1) is 5.41 Å². The molecule has 2 amide bonds. The van der Waals surface area contributed by atoms with Gasteiger partial charge in [-0.3, -0.25) is 9.59 Å². The highest BCUT2D eigenvalue weighted by Crippen LogP contribution is 2.61. The highest BCUT2D eigenvalue weighted by atomic mass is 16.2. The lowest BCUT2D eigenvalue weighted by Gasteiger charge is -2.57. The smallest absolute Gasteiger partial charge is 0.243 e. The lowest BCUT2D eigenvalue weighted by atomic mass is 9.49. The van der Waals surface area contributed by atoms with Gasteiger partial charge in [0.15, 0.2) is 0 Å². The summed E-state index contributed by atoms with van der Waals surface area (Å²) in [5, 5.41) is 3.53. The Morgan fingerprint density at radius 2 is 1.27 bits per heavy atom. The van der Waals surface area contributed by atoms with Gasteiger partial charge in [-0.15, -0.1) is 0 Å². The average molecular weight is 411 g/mol. The van der Waals surface area contributed by atoms with Crippen LogP contribution in [0.5, 0.6) is 0 Å². The second-order valence-electron chi connectivity index (χ2n) is 12.8. The first-order valence-electron chi connectivity index (χ1n) is 13.2. The molecule has 164 valence electrons. The van der Waals surface area contributed by atoms with E-state index in [-0.39, 0.29) is 17.4 Å². The minimum Gasteiger partial charge on any atom is -0.351 e. The Morgan fingerprint density at radius 1 is 0.733 bits per heavy atom. The summed E-state index contributed by atoms with van der Waals surface area (Å²) < 4.78 is 0. The largest absolute Gasteiger partial charge is 0.351 e. The van der Waals surface area contributed by atoms with Crippen molar-refractivity contribution in [2.45, 2.75) is 95.6 Å². The quantitative estimate of drug-likeness (QED) is 0.760. The van der Waals surface area contributed by atoms with E-state index in [4.69, 9.17) is 0 Å². The van der Waals surface area contributed by atoms with Crippen LogP contribution in [0.15, 0.2) is 0 Å². The van der Waals surface area contributed by atoms with Crippen LogP contribution in [-0.4, -0.2) is 35.3 Å². The van der Waals surface area contributed by atoms with E-state index < -0.39 is 0 Å². The fourth-order valence-electron chi connectivity index (χ4n) is 10.4. The third-order valence-corrected chi connectivity index (χ3v) is 10.8. The number of carbonyl (C=O) groups excluding carboxylic acids is 2. The third kappa shape index (κ3) is 2.70. The van der Waals surface area contributed by atoms with Crippen LogP contribution < -0.4 is 5.32 Å². The first-order chi connectivity index (χ1) is 14.6. The van der Waals surface area contributed by atoms with Gasteiger partial charge in [0.2, 0.25) is 11.8 Å². The summed E-state index contributed by atoms with van der Waals surface area (Å²) in [6.45, 7) is 0.806. The molecule has 1 atom stereocenters. The molecule has 8 aliphatic carbocycles. The monoisotopic (exact) mass is 410 g/mol. The van der Waals surface area contributed by atoms with Crippen molar-refractivity contribution in [2.24, 2.45) is 46.8 Å². The van der Waals surface area contributed by atoms with Gasteiger partial charge in [0.1, 0.15) is 6.04 Å². The summed E-state index contributed by atoms with van der Waals surface area (Å²) in [6.07, 6.45) is 16.1. The van der Waals surface area contributed by atoms with Gasteiger partial charge in [-0.1, -0.05) is 0 Å². The Hall–Kier alpha value is -1.06. The summed E-state index contributed by atoms with van der Waals surface area (Å²) in [7, 11) is 0. The Bertz CT molecular complexity index is 697. The van der Waals surface area contributed by atoms with Gasteiger partial charge in [0, 0.05) is 12.6 Å². The number of rotatable bonds is 3. The third-order valence-electron chi connectivity index (χ3n) is 10.8. The van der Waals surface area contributed by atoms with Crippen molar-refractivity contribution >= 4 is 11.8 Å². The molecule has 0 spiro atoms. The molecule has 8 bridgehead atoms. The van der Waals surface area contributed by atoms with Crippen LogP contribution in [0.1, 0.15) is 83.5 Å². The van der Waals surface area contributed by atoms with E-state index in [0.717, 1.165) is 68.2 Å². The predicted molar refractivity (Wildman–Crippen MR) is 114 cm³/mol. The van der Waals surface area contributed by atoms with Gasteiger partial charge in [0.25, 0.3) is 0 Å². The molecule has 1 N–H and O–H groups in total. The van der Waals surface area contributed by atoms with Gasteiger partial charge in [-0.2, -0.15) is 0 Å². The number of likely N-dealkylation sites (tertiary alicyclic amines) is 1. The van der Waals surface area contributed by atoms with E-state index >= 15 is 0 Å². The first-order valence-corrected chi connectivity index (χ1v) is 13.2. The number of nitrogens with zero attached hydrogens (tertiary/aromatic N) is 1. The highest BCUT2D eigenvalue weighted by Gasteiger charge is 2.57. The first kappa shape index (κ1) is 18.5. The summed E-state index contributed by atoms with van der Waals surface area (Å²) in [4.78, 5) is 29.4. The standard InChI is InChI=1S/C26H38N2O2/c29-24(27-23-20-8-15-4-16(10-20)11-21(23)9-15)22-2-1-3-28(22)25(30)26-12-17-5-18(13-26)7-19(6-17)14-26/h15-23H,1-14H2,(H,27,29). The fourth-order valence-corrected chi connectivity index (χ4v) is 10.4. The molecule has 4 nitrogen and oxygen atoms in total. The van der Waals surface area contributed by atoms with Crippen LogP contribution in [0, 0.1) is 46.8 Å². The number of hydrogen-bond donors (Lipinski definition) is 1. The van der Waals surface area contributed by atoms with Gasteiger partial charge < -0.3 is 10.2 Å². The van der Waals surface area contributed by atoms with Crippen molar-refractivity contribution in [2.75, 3.05) is 6.54 Å². The number of amides is 2. The fraction of sp³-hybridized carbons (Fsp3) is 0.923. The van der Waals surface area contributed by atoms with Gasteiger partial charge in [-0.25, -0.2) is 0 Å². The SMILES string of the molecule is O=C(NC1C2CC3CC(C2)CC1C3)C1CCCN1C(=O)C12CC3CC(CC(C3)C1)C2. The molecule has 9 fully saturated rings. The summed E-state index contributed by atoms with van der Waals surface area (Å²) in [5.41, 5.74) is -0.111. The zero-order valence-corrected chi connectivity index (χ0v) is 18.4. The van der Waals surface area contributed by atoms with Crippen molar-refractivity contribution in [3.63, 3.8) is 0 Å². The lowest BCUT2D eigenvalue weighted by Crippen LogP contribution is -2.60. The maximum absolute atomic E-state index is 13.9. The van der Waals surface area contributed by atoms with E-state index in [1.807, 2.05) is 0 Å². The summed E-state index contributed by atoms with van der Waals surface area (Å²) in [6, 6.07) is 0.199. The molecule has 0 aromatic rings. The van der Waals surface area contributed by atoms with Crippen LogP contribution in [0.4, 0.5) is 0 Å². The van der Waals surface area contributed by atoms with Crippen LogP contribution >= 0.6 is 0 Å². The van der Waals surface area contributed by atoms with E-state index in [9.17, 15) is 9.59 Å². The van der Waals surface area contributed by atoms with Gasteiger partial charge >= 0.3 is 0 Å². The molecule has 9 aliphatic rings. The maximum Gasteiger partial charge on any atom is 0.243 e. The Kier molecular flexibility index (Phi) is 4.00. The molecule has 4 heteroatoms. The van der Waals surface area contributed by atoms with Crippen molar-refractivity contribution in [3.05, 3.63) is 0 Å². The van der Waals surface area contributed by atoms with Crippen molar-refractivity contribution in [1.82, 2.24) is 10.2 Å². The molecule has 0 radical (unpaired) electrons. The van der Waals surface area contributed by atoms with E-state index in [0.29, 0.717) is 23.8 Å². The molecule has 1 heterocycles. The van der Waals surface area contributed by atoms with E-state index in [1.54, 1.807) is 0 Å². The predicted octanol–water partition coefficient (Wildman–Crippen LogP) is 4.13. The lowest BCUT2D eigenvalue weighted by molar-refractivity contribution is -0.160. The molecule has 1 saturated heterocycles. The van der Waals surface area contributed by atoms with Crippen LogP contribution in [0.2, 0.25) is 0 Å².